The van der Waals surface area contributed by atoms with Crippen LogP contribution in [0.4, 0.5) is 5.82 Å². The highest BCUT2D eigenvalue weighted by molar-refractivity contribution is 5.54. The van der Waals surface area contributed by atoms with Crippen LogP contribution in [0.15, 0.2) is 6.33 Å². The van der Waals surface area contributed by atoms with Gasteiger partial charge in [-0.15, -0.1) is 0 Å². The van der Waals surface area contributed by atoms with Crippen LogP contribution in [0.5, 0.6) is 11.6 Å². The van der Waals surface area contributed by atoms with Crippen LogP contribution in [-0.4, -0.2) is 36.4 Å². The van der Waals surface area contributed by atoms with Crippen molar-refractivity contribution in [2.45, 2.75) is 20.0 Å². The maximum atomic E-state index is 5.42. The van der Waals surface area contributed by atoms with Crippen molar-refractivity contribution in [2.24, 2.45) is 5.84 Å². The summed E-state index contributed by atoms with van der Waals surface area (Å²) in [6.45, 7) is 4.79. The first-order chi connectivity index (χ1) is 8.19. The molecule has 0 fully saturated rings. The molecule has 1 heterocycles. The molecule has 0 amide bonds. The summed E-state index contributed by atoms with van der Waals surface area (Å²) in [6, 6.07) is 0. The predicted molar refractivity (Wildman–Crippen MR) is 63.0 cm³/mol. The number of ether oxygens (including phenoxy) is 3. The average Bonchev–Trinajstić information content (AvgIpc) is 2.33. The monoisotopic (exact) mass is 242 g/mol. The Kier molecular flexibility index (Phi) is 5.44. The average molecular weight is 242 g/mol. The third kappa shape index (κ3) is 4.04. The second-order valence-electron chi connectivity index (χ2n) is 3.47. The minimum Gasteiger partial charge on any atom is -0.489 e. The molecule has 0 saturated heterocycles. The predicted octanol–water partition coefficient (Wildman–Crippen LogP) is 0.575. The topological polar surface area (TPSA) is 91.5 Å². The largest absolute Gasteiger partial charge is 0.489 e. The number of aromatic nitrogens is 2. The highest BCUT2D eigenvalue weighted by Crippen LogP contribution is 2.29. The Morgan fingerprint density at radius 2 is 2.12 bits per heavy atom. The molecule has 7 nitrogen and oxygen atoms in total. The number of methoxy groups -OCH3 is 1. The summed E-state index contributed by atoms with van der Waals surface area (Å²) >= 11 is 0. The van der Waals surface area contributed by atoms with Crippen molar-refractivity contribution in [1.82, 2.24) is 9.97 Å². The minimum absolute atomic E-state index is 0.173. The van der Waals surface area contributed by atoms with Crippen LogP contribution >= 0.6 is 0 Å². The Morgan fingerprint density at radius 3 is 2.71 bits per heavy atom. The number of nitrogens with zero attached hydrogens (tertiary/aromatic N) is 2. The number of hydrazine groups is 1. The van der Waals surface area contributed by atoms with Crippen molar-refractivity contribution in [3.63, 3.8) is 0 Å². The Labute approximate surface area is 100 Å². The number of anilines is 1. The molecule has 0 unspecified atom stereocenters. The maximum absolute atomic E-state index is 5.42. The van der Waals surface area contributed by atoms with Gasteiger partial charge in [-0.25, -0.2) is 10.8 Å². The fourth-order valence-electron chi connectivity index (χ4n) is 1.17. The number of hydrogen-bond donors (Lipinski definition) is 2. The summed E-state index contributed by atoms with van der Waals surface area (Å²) in [5.74, 6) is 6.38. The number of hydrogen-bond acceptors (Lipinski definition) is 7. The zero-order chi connectivity index (χ0) is 12.7. The van der Waals surface area contributed by atoms with Gasteiger partial charge in [-0.2, -0.15) is 4.98 Å². The van der Waals surface area contributed by atoms with E-state index in [4.69, 9.17) is 20.1 Å². The van der Waals surface area contributed by atoms with Gasteiger partial charge in [-0.05, 0) is 13.8 Å². The highest BCUT2D eigenvalue weighted by Gasteiger charge is 2.12. The van der Waals surface area contributed by atoms with Crippen molar-refractivity contribution in [3.05, 3.63) is 6.33 Å². The minimum atomic E-state index is 0.173. The molecule has 1 aromatic rings. The Bertz CT molecular complexity index is 346. The van der Waals surface area contributed by atoms with Crippen molar-refractivity contribution in [3.8, 4) is 11.6 Å². The Balaban J connectivity index is 2.58. The van der Waals surface area contributed by atoms with Gasteiger partial charge in [0.25, 0.3) is 5.88 Å². The van der Waals surface area contributed by atoms with E-state index in [9.17, 15) is 0 Å². The number of rotatable bonds is 7. The lowest BCUT2D eigenvalue weighted by Gasteiger charge is -2.12. The number of nitrogens with one attached hydrogen (secondary N) is 1. The molecular formula is C10H18N4O3. The molecule has 0 bridgehead atoms. The lowest BCUT2D eigenvalue weighted by atomic mass is 10.5. The van der Waals surface area contributed by atoms with Crippen LogP contribution in [0.3, 0.4) is 0 Å². The van der Waals surface area contributed by atoms with E-state index in [0.717, 1.165) is 0 Å². The second kappa shape index (κ2) is 6.87. The Morgan fingerprint density at radius 1 is 1.35 bits per heavy atom. The molecule has 0 atom stereocenters. The first-order valence-electron chi connectivity index (χ1n) is 5.29. The van der Waals surface area contributed by atoms with Crippen LogP contribution in [0.2, 0.25) is 0 Å². The summed E-state index contributed by atoms with van der Waals surface area (Å²) < 4.78 is 15.9. The third-order valence-corrected chi connectivity index (χ3v) is 1.89. The highest BCUT2D eigenvalue weighted by atomic mass is 16.5. The molecule has 0 aromatic carbocycles. The van der Waals surface area contributed by atoms with Crippen LogP contribution < -0.4 is 20.7 Å². The van der Waals surface area contributed by atoms with Gasteiger partial charge in [-0.1, -0.05) is 0 Å². The van der Waals surface area contributed by atoms with Crippen molar-refractivity contribution in [2.75, 3.05) is 25.7 Å². The first kappa shape index (κ1) is 13.5. The lowest BCUT2D eigenvalue weighted by molar-refractivity contribution is 0.0536. The van der Waals surface area contributed by atoms with Gasteiger partial charge in [-0.3, -0.25) is 0 Å². The zero-order valence-corrected chi connectivity index (χ0v) is 10.3. The molecular weight excluding hydrogens is 224 g/mol. The second-order valence-corrected chi connectivity index (χ2v) is 3.47. The summed E-state index contributed by atoms with van der Waals surface area (Å²) in [6.07, 6.45) is 1.52. The molecule has 96 valence electrons. The molecule has 0 spiro atoms. The van der Waals surface area contributed by atoms with E-state index in [1.807, 2.05) is 13.8 Å². The van der Waals surface area contributed by atoms with E-state index in [0.29, 0.717) is 30.7 Å². The molecule has 0 radical (unpaired) electrons. The van der Waals surface area contributed by atoms with Gasteiger partial charge >= 0.3 is 0 Å². The van der Waals surface area contributed by atoms with Gasteiger partial charge < -0.3 is 19.6 Å². The molecule has 0 aliphatic carbocycles. The summed E-state index contributed by atoms with van der Waals surface area (Å²) in [7, 11) is 1.50. The summed E-state index contributed by atoms with van der Waals surface area (Å²) in [4.78, 5) is 7.87. The molecule has 0 aliphatic rings. The zero-order valence-electron chi connectivity index (χ0n) is 10.3. The van der Waals surface area contributed by atoms with Crippen molar-refractivity contribution in [1.29, 1.82) is 0 Å². The third-order valence-electron chi connectivity index (χ3n) is 1.89. The normalized spacial score (nSPS) is 10.4. The number of nitrogen functional groups attached to an aromatic ring is 1. The van der Waals surface area contributed by atoms with Gasteiger partial charge in [0.15, 0.2) is 5.82 Å². The van der Waals surface area contributed by atoms with E-state index < -0.39 is 0 Å². The smallest absolute Gasteiger partial charge is 0.262 e. The standard InChI is InChI=1S/C10H18N4O3/c1-7(2)16-4-5-17-10-8(15-3)9(14-11)12-6-13-10/h6-7H,4-5,11H2,1-3H3,(H,12,13,14). The van der Waals surface area contributed by atoms with Crippen LogP contribution in [-0.2, 0) is 4.74 Å². The quantitative estimate of drug-likeness (QED) is 0.410. The molecule has 1 aromatic heterocycles. The van der Waals surface area contributed by atoms with E-state index >= 15 is 0 Å². The first-order valence-corrected chi connectivity index (χ1v) is 5.29. The molecule has 0 saturated carbocycles. The number of nitrogens with two attached hydrogens (primary N) is 1. The van der Waals surface area contributed by atoms with Crippen LogP contribution in [0.1, 0.15) is 13.8 Å². The van der Waals surface area contributed by atoms with Crippen LogP contribution in [0.25, 0.3) is 0 Å². The van der Waals surface area contributed by atoms with E-state index in [-0.39, 0.29) is 6.10 Å². The fraction of sp³-hybridized carbons (Fsp3) is 0.600. The van der Waals surface area contributed by atoms with E-state index in [2.05, 4.69) is 15.4 Å². The lowest BCUT2D eigenvalue weighted by Crippen LogP contribution is -2.14. The maximum Gasteiger partial charge on any atom is 0.262 e. The molecule has 17 heavy (non-hydrogen) atoms. The Hall–Kier alpha value is -1.60. The van der Waals surface area contributed by atoms with Gasteiger partial charge in [0.05, 0.1) is 19.8 Å². The van der Waals surface area contributed by atoms with Gasteiger partial charge in [0.2, 0.25) is 5.75 Å². The summed E-state index contributed by atoms with van der Waals surface area (Å²) in [5.41, 5.74) is 2.41. The van der Waals surface area contributed by atoms with Crippen molar-refractivity contribution < 1.29 is 14.2 Å². The molecule has 7 heteroatoms. The van der Waals surface area contributed by atoms with Gasteiger partial charge in [0.1, 0.15) is 12.9 Å². The molecule has 1 rings (SSSR count). The summed E-state index contributed by atoms with van der Waals surface area (Å²) in [5, 5.41) is 0. The van der Waals surface area contributed by atoms with E-state index in [1.165, 1.54) is 13.4 Å². The fourth-order valence-corrected chi connectivity index (χ4v) is 1.17. The van der Waals surface area contributed by atoms with Crippen molar-refractivity contribution >= 4 is 5.82 Å². The molecule has 3 N–H and O–H groups in total. The van der Waals surface area contributed by atoms with E-state index in [1.54, 1.807) is 0 Å². The van der Waals surface area contributed by atoms with Gasteiger partial charge in [0, 0.05) is 0 Å². The van der Waals surface area contributed by atoms with Crippen LogP contribution in [0, 0.1) is 0 Å². The SMILES string of the molecule is COc1c(NN)ncnc1OCCOC(C)C. The molecule has 0 aliphatic heterocycles.